The lowest BCUT2D eigenvalue weighted by Crippen LogP contribution is -2.50. The van der Waals surface area contributed by atoms with Gasteiger partial charge < -0.3 is 10.2 Å². The standard InChI is InChI=1S/C15H19N5O2S2/c1-11-13(24-18-17-11)15(22)20-8-6-19(7-9-20)5-4-16-14(21)12-3-2-10-23-12/h2-3,10H,4-9H2,1H3,(H,16,21). The zero-order valence-corrected chi connectivity index (χ0v) is 15.0. The fourth-order valence-corrected chi connectivity index (χ4v) is 3.83. The van der Waals surface area contributed by atoms with Crippen molar-refractivity contribution in [2.75, 3.05) is 39.3 Å². The average Bonchev–Trinajstić information content (AvgIpc) is 3.26. The Balaban J connectivity index is 1.40. The van der Waals surface area contributed by atoms with Gasteiger partial charge in [-0.15, -0.1) is 16.4 Å². The fraction of sp³-hybridized carbons (Fsp3) is 0.467. The molecule has 128 valence electrons. The fourth-order valence-electron chi connectivity index (χ4n) is 2.57. The Morgan fingerprint density at radius 3 is 2.71 bits per heavy atom. The molecule has 0 bridgehead atoms. The zero-order valence-electron chi connectivity index (χ0n) is 13.4. The summed E-state index contributed by atoms with van der Waals surface area (Å²) in [5.74, 6) is 0.000123. The van der Waals surface area contributed by atoms with Crippen LogP contribution in [0.2, 0.25) is 0 Å². The normalized spacial score (nSPS) is 15.5. The number of rotatable bonds is 5. The van der Waals surface area contributed by atoms with Gasteiger partial charge in [0.1, 0.15) is 4.88 Å². The number of carbonyl (C=O) groups is 2. The second-order valence-electron chi connectivity index (χ2n) is 5.55. The molecule has 0 atom stereocenters. The molecule has 2 amide bonds. The van der Waals surface area contributed by atoms with Crippen LogP contribution in [0.4, 0.5) is 0 Å². The first-order valence-corrected chi connectivity index (χ1v) is 9.43. The van der Waals surface area contributed by atoms with Crippen molar-refractivity contribution >= 4 is 34.7 Å². The Kier molecular flexibility index (Phi) is 5.54. The van der Waals surface area contributed by atoms with Crippen LogP contribution < -0.4 is 5.32 Å². The minimum Gasteiger partial charge on any atom is -0.350 e. The molecule has 0 aliphatic carbocycles. The second kappa shape index (κ2) is 7.82. The maximum absolute atomic E-state index is 12.4. The van der Waals surface area contributed by atoms with Gasteiger partial charge in [-0.05, 0) is 29.9 Å². The van der Waals surface area contributed by atoms with Gasteiger partial charge in [-0.25, -0.2) is 0 Å². The number of carbonyl (C=O) groups excluding carboxylic acids is 2. The topological polar surface area (TPSA) is 78.4 Å². The van der Waals surface area contributed by atoms with E-state index in [1.54, 1.807) is 0 Å². The van der Waals surface area contributed by atoms with Crippen LogP contribution in [-0.4, -0.2) is 70.5 Å². The minimum absolute atomic E-state index is 0.0213. The SMILES string of the molecule is Cc1nnsc1C(=O)N1CCN(CCNC(=O)c2cccs2)CC1. The Bertz CT molecular complexity index is 693. The molecular weight excluding hydrogens is 346 g/mol. The molecule has 2 aromatic rings. The van der Waals surface area contributed by atoms with Crippen molar-refractivity contribution in [2.45, 2.75) is 6.92 Å². The number of hydrogen-bond acceptors (Lipinski definition) is 7. The molecule has 0 aromatic carbocycles. The van der Waals surface area contributed by atoms with Crippen LogP contribution in [0.3, 0.4) is 0 Å². The summed E-state index contributed by atoms with van der Waals surface area (Å²) in [4.78, 5) is 29.8. The summed E-state index contributed by atoms with van der Waals surface area (Å²) in [6, 6.07) is 3.69. The van der Waals surface area contributed by atoms with Crippen LogP contribution >= 0.6 is 22.9 Å². The van der Waals surface area contributed by atoms with E-state index in [-0.39, 0.29) is 11.8 Å². The Morgan fingerprint density at radius 1 is 1.29 bits per heavy atom. The number of piperazine rings is 1. The largest absolute Gasteiger partial charge is 0.350 e. The van der Waals surface area contributed by atoms with Crippen molar-refractivity contribution in [1.29, 1.82) is 0 Å². The summed E-state index contributed by atoms with van der Waals surface area (Å²) in [6.07, 6.45) is 0. The maximum Gasteiger partial charge on any atom is 0.267 e. The van der Waals surface area contributed by atoms with Crippen LogP contribution in [0.25, 0.3) is 0 Å². The monoisotopic (exact) mass is 365 g/mol. The van der Waals surface area contributed by atoms with Crippen LogP contribution in [-0.2, 0) is 0 Å². The summed E-state index contributed by atoms with van der Waals surface area (Å²) < 4.78 is 3.83. The summed E-state index contributed by atoms with van der Waals surface area (Å²) in [7, 11) is 0. The van der Waals surface area contributed by atoms with Crippen LogP contribution in [0, 0.1) is 6.92 Å². The minimum atomic E-state index is -0.0213. The summed E-state index contributed by atoms with van der Waals surface area (Å²) in [5.41, 5.74) is 0.698. The van der Waals surface area contributed by atoms with Crippen molar-refractivity contribution in [3.05, 3.63) is 33.0 Å². The van der Waals surface area contributed by atoms with E-state index in [0.717, 1.165) is 36.0 Å². The quantitative estimate of drug-likeness (QED) is 0.858. The summed E-state index contributed by atoms with van der Waals surface area (Å²) >= 11 is 2.60. The third-order valence-electron chi connectivity index (χ3n) is 3.96. The molecule has 7 nitrogen and oxygen atoms in total. The third kappa shape index (κ3) is 3.97. The van der Waals surface area contributed by atoms with Crippen molar-refractivity contribution in [1.82, 2.24) is 24.7 Å². The summed E-state index contributed by atoms with van der Waals surface area (Å²) in [6.45, 7) is 6.22. The zero-order chi connectivity index (χ0) is 16.9. The van der Waals surface area contributed by atoms with Gasteiger partial charge in [0.15, 0.2) is 0 Å². The Labute approximate surface area is 148 Å². The molecule has 0 unspecified atom stereocenters. The van der Waals surface area contributed by atoms with E-state index in [4.69, 9.17) is 0 Å². The number of aryl methyl sites for hydroxylation is 1. The van der Waals surface area contributed by atoms with Crippen LogP contribution in [0.5, 0.6) is 0 Å². The Morgan fingerprint density at radius 2 is 2.08 bits per heavy atom. The molecule has 1 aliphatic heterocycles. The lowest BCUT2D eigenvalue weighted by atomic mass is 10.2. The maximum atomic E-state index is 12.4. The second-order valence-corrected chi connectivity index (χ2v) is 7.26. The lowest BCUT2D eigenvalue weighted by Gasteiger charge is -2.34. The van der Waals surface area contributed by atoms with E-state index in [9.17, 15) is 9.59 Å². The van der Waals surface area contributed by atoms with Crippen molar-refractivity contribution in [3.8, 4) is 0 Å². The summed E-state index contributed by atoms with van der Waals surface area (Å²) in [5, 5.41) is 8.72. The van der Waals surface area contributed by atoms with Gasteiger partial charge in [0.05, 0.1) is 10.6 Å². The number of nitrogens with one attached hydrogen (secondary N) is 1. The molecule has 0 spiro atoms. The number of nitrogens with zero attached hydrogens (tertiary/aromatic N) is 4. The highest BCUT2D eigenvalue weighted by Gasteiger charge is 2.24. The number of thiophene rings is 1. The first-order chi connectivity index (χ1) is 11.6. The molecule has 0 radical (unpaired) electrons. The highest BCUT2D eigenvalue weighted by molar-refractivity contribution is 7.12. The number of hydrogen-bond donors (Lipinski definition) is 1. The third-order valence-corrected chi connectivity index (χ3v) is 5.65. The smallest absolute Gasteiger partial charge is 0.267 e. The first-order valence-electron chi connectivity index (χ1n) is 7.77. The van der Waals surface area contributed by atoms with E-state index >= 15 is 0 Å². The van der Waals surface area contributed by atoms with Gasteiger partial charge in [-0.1, -0.05) is 10.6 Å². The van der Waals surface area contributed by atoms with E-state index in [2.05, 4.69) is 19.8 Å². The van der Waals surface area contributed by atoms with Gasteiger partial charge in [0.2, 0.25) is 0 Å². The predicted molar refractivity (Wildman–Crippen MR) is 93.6 cm³/mol. The highest BCUT2D eigenvalue weighted by Crippen LogP contribution is 2.14. The average molecular weight is 365 g/mol. The molecule has 1 aliphatic rings. The van der Waals surface area contributed by atoms with Gasteiger partial charge >= 0.3 is 0 Å². The van der Waals surface area contributed by atoms with E-state index in [0.29, 0.717) is 30.2 Å². The van der Waals surface area contributed by atoms with E-state index in [1.165, 1.54) is 11.3 Å². The van der Waals surface area contributed by atoms with E-state index < -0.39 is 0 Å². The van der Waals surface area contributed by atoms with E-state index in [1.807, 2.05) is 29.3 Å². The van der Waals surface area contributed by atoms with Gasteiger partial charge in [-0.2, -0.15) is 0 Å². The number of aromatic nitrogens is 2. The number of amides is 2. The Hall–Kier alpha value is -1.84. The molecule has 1 saturated heterocycles. The molecule has 1 fully saturated rings. The van der Waals surface area contributed by atoms with Crippen LogP contribution in [0.1, 0.15) is 25.0 Å². The molecule has 3 heterocycles. The molecular formula is C15H19N5O2S2. The highest BCUT2D eigenvalue weighted by atomic mass is 32.1. The van der Waals surface area contributed by atoms with Gasteiger partial charge in [0.25, 0.3) is 11.8 Å². The predicted octanol–water partition coefficient (Wildman–Crippen LogP) is 1.10. The molecule has 2 aromatic heterocycles. The molecule has 1 N–H and O–H groups in total. The lowest BCUT2D eigenvalue weighted by molar-refractivity contribution is 0.0642. The molecule has 3 rings (SSSR count). The van der Waals surface area contributed by atoms with Gasteiger partial charge in [-0.3, -0.25) is 14.5 Å². The van der Waals surface area contributed by atoms with Crippen molar-refractivity contribution < 1.29 is 9.59 Å². The van der Waals surface area contributed by atoms with Crippen molar-refractivity contribution in [3.63, 3.8) is 0 Å². The molecule has 9 heteroatoms. The molecule has 24 heavy (non-hydrogen) atoms. The first kappa shape index (κ1) is 17.0. The van der Waals surface area contributed by atoms with Crippen molar-refractivity contribution in [2.24, 2.45) is 0 Å². The van der Waals surface area contributed by atoms with Gasteiger partial charge in [0, 0.05) is 39.3 Å². The molecule has 0 saturated carbocycles. The van der Waals surface area contributed by atoms with Crippen LogP contribution in [0.15, 0.2) is 17.5 Å².